The van der Waals surface area contributed by atoms with Gasteiger partial charge in [-0.2, -0.15) is 0 Å². The van der Waals surface area contributed by atoms with Gasteiger partial charge >= 0.3 is 5.97 Å². The number of carboxylic acid groups (broad SMARTS) is 1. The highest BCUT2D eigenvalue weighted by molar-refractivity contribution is 5.93. The number of aromatic carboxylic acids is 1. The van der Waals surface area contributed by atoms with E-state index in [0.717, 1.165) is 30.1 Å². The molecule has 0 aliphatic carbocycles. The fraction of sp³-hybridized carbons (Fsp3) is 0.522. The normalized spacial score (nSPS) is 14.2. The van der Waals surface area contributed by atoms with Crippen LogP contribution in [0.25, 0.3) is 0 Å². The third kappa shape index (κ3) is 7.55. The first-order valence-electron chi connectivity index (χ1n) is 9.84. The van der Waals surface area contributed by atoms with E-state index < -0.39 is 23.4 Å². The number of aliphatic hydroxyl groups is 2. The molecule has 1 rings (SSSR count). The van der Waals surface area contributed by atoms with Crippen molar-refractivity contribution in [1.82, 2.24) is 0 Å². The highest BCUT2D eigenvalue weighted by Gasteiger charge is 2.23. The summed E-state index contributed by atoms with van der Waals surface area (Å²) < 4.78 is 0. The lowest BCUT2D eigenvalue weighted by molar-refractivity contribution is -0.0509. The largest absolute Gasteiger partial charge is 0.508 e. The van der Waals surface area contributed by atoms with E-state index >= 15 is 0 Å². The maximum absolute atomic E-state index is 11.3. The van der Waals surface area contributed by atoms with E-state index in [0.29, 0.717) is 30.4 Å². The smallest absolute Gasteiger partial charge is 0.339 e. The molecular formula is C23H34O6. The molecule has 0 aromatic heterocycles. The van der Waals surface area contributed by atoms with Crippen molar-refractivity contribution < 1.29 is 30.3 Å². The Morgan fingerprint density at radius 2 is 1.69 bits per heavy atom. The number of rotatable bonds is 10. The first-order chi connectivity index (χ1) is 13.3. The molecule has 6 nitrogen and oxygen atoms in total. The SMILES string of the molecule is CC(=CCc1c(O)cc(O)c(C(=O)O)c1C)CCC=C(C)CCC(O)C(C)(C)O. The topological polar surface area (TPSA) is 118 Å². The van der Waals surface area contributed by atoms with Gasteiger partial charge in [0, 0.05) is 11.6 Å². The number of phenols is 2. The first-order valence-corrected chi connectivity index (χ1v) is 9.84. The standard InChI is InChI=1S/C23H34O6/c1-14(7-6-8-15(2)10-12-20(26)23(4,5)29)9-11-17-16(3)21(22(27)28)19(25)13-18(17)24/h8-9,13,20,24-26,29H,6-7,10-12H2,1-5H3,(H,27,28). The molecule has 0 bridgehead atoms. The van der Waals surface area contributed by atoms with E-state index in [1.54, 1.807) is 20.8 Å². The Hall–Kier alpha value is -2.31. The first kappa shape index (κ1) is 24.7. The van der Waals surface area contributed by atoms with Crippen molar-refractivity contribution in [2.24, 2.45) is 0 Å². The summed E-state index contributed by atoms with van der Waals surface area (Å²) >= 11 is 0. The second-order valence-electron chi connectivity index (χ2n) is 8.25. The average molecular weight is 407 g/mol. The Morgan fingerprint density at radius 3 is 2.24 bits per heavy atom. The zero-order valence-electron chi connectivity index (χ0n) is 18.0. The van der Waals surface area contributed by atoms with Crippen LogP contribution in [0.4, 0.5) is 0 Å². The van der Waals surface area contributed by atoms with Crippen LogP contribution < -0.4 is 0 Å². The van der Waals surface area contributed by atoms with Gasteiger partial charge in [-0.3, -0.25) is 0 Å². The minimum Gasteiger partial charge on any atom is -0.508 e. The molecule has 162 valence electrons. The zero-order valence-corrected chi connectivity index (χ0v) is 18.0. The summed E-state index contributed by atoms with van der Waals surface area (Å²) in [6, 6.07) is 1.07. The van der Waals surface area contributed by atoms with Crippen LogP contribution in [0.15, 0.2) is 29.4 Å². The molecule has 0 radical (unpaired) electrons. The highest BCUT2D eigenvalue weighted by Crippen LogP contribution is 2.32. The number of aromatic hydroxyl groups is 2. The molecule has 1 unspecified atom stereocenters. The van der Waals surface area contributed by atoms with Gasteiger partial charge in [0.05, 0.1) is 11.7 Å². The number of hydrogen-bond acceptors (Lipinski definition) is 5. The van der Waals surface area contributed by atoms with Gasteiger partial charge in [0.1, 0.15) is 17.1 Å². The Kier molecular flexibility index (Phi) is 8.92. The van der Waals surface area contributed by atoms with Gasteiger partial charge in [-0.1, -0.05) is 23.3 Å². The quantitative estimate of drug-likeness (QED) is 0.371. The molecule has 5 N–H and O–H groups in total. The van der Waals surface area contributed by atoms with E-state index in [2.05, 4.69) is 6.08 Å². The van der Waals surface area contributed by atoms with E-state index in [1.807, 2.05) is 19.9 Å². The number of phenolic OH excluding ortho intramolecular Hbond substituents is 1. The number of benzene rings is 1. The molecule has 29 heavy (non-hydrogen) atoms. The second-order valence-corrected chi connectivity index (χ2v) is 8.25. The third-order valence-corrected chi connectivity index (χ3v) is 5.19. The van der Waals surface area contributed by atoms with Gasteiger partial charge in [-0.15, -0.1) is 0 Å². The monoisotopic (exact) mass is 406 g/mol. The van der Waals surface area contributed by atoms with Crippen molar-refractivity contribution in [3.63, 3.8) is 0 Å². The van der Waals surface area contributed by atoms with Crippen molar-refractivity contribution in [1.29, 1.82) is 0 Å². The van der Waals surface area contributed by atoms with Crippen LogP contribution in [-0.2, 0) is 6.42 Å². The van der Waals surface area contributed by atoms with Gasteiger partial charge in [0.25, 0.3) is 0 Å². The summed E-state index contributed by atoms with van der Waals surface area (Å²) in [5.41, 5.74) is 1.83. The Balaban J connectivity index is 2.68. The fourth-order valence-electron chi connectivity index (χ4n) is 3.10. The zero-order chi connectivity index (χ0) is 22.4. The molecule has 1 aromatic rings. The molecular weight excluding hydrogens is 372 g/mol. The summed E-state index contributed by atoms with van der Waals surface area (Å²) in [6.45, 7) is 8.75. The molecule has 0 amide bonds. The third-order valence-electron chi connectivity index (χ3n) is 5.19. The molecule has 0 saturated heterocycles. The summed E-state index contributed by atoms with van der Waals surface area (Å²) in [4.78, 5) is 11.3. The Morgan fingerprint density at radius 1 is 1.10 bits per heavy atom. The van der Waals surface area contributed by atoms with Crippen LogP contribution in [0.1, 0.15) is 74.9 Å². The minimum absolute atomic E-state index is 0.116. The van der Waals surface area contributed by atoms with Crippen LogP contribution in [0.3, 0.4) is 0 Å². The van der Waals surface area contributed by atoms with Crippen molar-refractivity contribution >= 4 is 5.97 Å². The van der Waals surface area contributed by atoms with Crippen molar-refractivity contribution in [2.45, 2.75) is 78.4 Å². The van der Waals surface area contributed by atoms with Crippen LogP contribution in [0.2, 0.25) is 0 Å². The van der Waals surface area contributed by atoms with Crippen molar-refractivity contribution in [2.75, 3.05) is 0 Å². The van der Waals surface area contributed by atoms with E-state index in [1.165, 1.54) is 0 Å². The number of carbonyl (C=O) groups is 1. The molecule has 0 heterocycles. The molecule has 1 aromatic carbocycles. The lowest BCUT2D eigenvalue weighted by Gasteiger charge is -2.24. The summed E-state index contributed by atoms with van der Waals surface area (Å²) in [7, 11) is 0. The molecule has 0 aliphatic rings. The van der Waals surface area contributed by atoms with Crippen LogP contribution in [-0.4, -0.2) is 43.2 Å². The Bertz CT molecular complexity index is 784. The Labute approximate surface area is 172 Å². The van der Waals surface area contributed by atoms with Crippen molar-refractivity contribution in [3.05, 3.63) is 46.1 Å². The molecule has 1 atom stereocenters. The molecule has 0 spiro atoms. The minimum atomic E-state index is -1.22. The summed E-state index contributed by atoms with van der Waals surface area (Å²) in [5, 5.41) is 48.7. The lowest BCUT2D eigenvalue weighted by atomic mass is 9.95. The number of carboxylic acids is 1. The number of aliphatic hydroxyl groups excluding tert-OH is 1. The molecule has 0 saturated carbocycles. The lowest BCUT2D eigenvalue weighted by Crippen LogP contribution is -2.35. The average Bonchev–Trinajstić information content (AvgIpc) is 2.57. The van der Waals surface area contributed by atoms with Crippen LogP contribution >= 0.6 is 0 Å². The predicted molar refractivity (Wildman–Crippen MR) is 113 cm³/mol. The predicted octanol–water partition coefficient (Wildman–Crippen LogP) is 4.23. The van der Waals surface area contributed by atoms with Gasteiger partial charge in [0.15, 0.2) is 0 Å². The highest BCUT2D eigenvalue weighted by atomic mass is 16.4. The summed E-state index contributed by atoms with van der Waals surface area (Å²) in [6.07, 6.45) is 6.54. The second kappa shape index (κ2) is 10.5. The maximum atomic E-state index is 11.3. The van der Waals surface area contributed by atoms with Gasteiger partial charge in [-0.05, 0) is 72.3 Å². The maximum Gasteiger partial charge on any atom is 0.339 e. The van der Waals surface area contributed by atoms with Gasteiger partial charge in [0.2, 0.25) is 0 Å². The summed E-state index contributed by atoms with van der Waals surface area (Å²) in [5.74, 6) is -1.78. The number of hydrogen-bond donors (Lipinski definition) is 5. The number of allylic oxidation sites excluding steroid dienone is 4. The molecule has 0 fully saturated rings. The molecule has 0 aliphatic heterocycles. The van der Waals surface area contributed by atoms with Gasteiger partial charge in [-0.25, -0.2) is 4.79 Å². The fourth-order valence-corrected chi connectivity index (χ4v) is 3.10. The van der Waals surface area contributed by atoms with E-state index in [-0.39, 0.29) is 11.3 Å². The van der Waals surface area contributed by atoms with Gasteiger partial charge < -0.3 is 25.5 Å². The molecule has 6 heteroatoms. The van der Waals surface area contributed by atoms with Crippen LogP contribution in [0.5, 0.6) is 11.5 Å². The van der Waals surface area contributed by atoms with E-state index in [9.17, 15) is 30.3 Å². The van der Waals surface area contributed by atoms with Crippen molar-refractivity contribution in [3.8, 4) is 11.5 Å². The van der Waals surface area contributed by atoms with E-state index in [4.69, 9.17) is 0 Å². The van der Waals surface area contributed by atoms with Crippen LogP contribution in [0, 0.1) is 6.92 Å².